The van der Waals surface area contributed by atoms with Gasteiger partial charge in [-0.25, -0.2) is 4.79 Å². The number of urea groups is 1. The molecule has 0 unspecified atom stereocenters. The molecular formula is C18H27N3O3. The Morgan fingerprint density at radius 1 is 1.38 bits per heavy atom. The van der Waals surface area contributed by atoms with Gasteiger partial charge < -0.3 is 20.7 Å². The molecule has 1 saturated heterocycles. The van der Waals surface area contributed by atoms with E-state index >= 15 is 0 Å². The van der Waals surface area contributed by atoms with Gasteiger partial charge in [0.25, 0.3) is 0 Å². The van der Waals surface area contributed by atoms with Crippen LogP contribution < -0.4 is 15.8 Å². The van der Waals surface area contributed by atoms with Crippen LogP contribution in [-0.4, -0.2) is 43.1 Å². The van der Waals surface area contributed by atoms with Gasteiger partial charge in [-0.05, 0) is 49.8 Å². The Morgan fingerprint density at radius 2 is 2.21 bits per heavy atom. The SMILES string of the molecule is COc1cccc(CCCNC(=O)N2CCCC[C@H]2CC(N)=O)c1. The van der Waals surface area contributed by atoms with E-state index in [4.69, 9.17) is 10.5 Å². The Hall–Kier alpha value is -2.24. The third kappa shape index (κ3) is 5.44. The van der Waals surface area contributed by atoms with Crippen molar-refractivity contribution in [2.75, 3.05) is 20.2 Å². The van der Waals surface area contributed by atoms with Crippen LogP contribution in [0.25, 0.3) is 0 Å². The zero-order valence-corrected chi connectivity index (χ0v) is 14.3. The number of nitrogens with one attached hydrogen (secondary N) is 1. The minimum absolute atomic E-state index is 0.0605. The number of nitrogens with two attached hydrogens (primary N) is 1. The number of primary amides is 1. The summed E-state index contributed by atoms with van der Waals surface area (Å²) in [5, 5.41) is 2.96. The summed E-state index contributed by atoms with van der Waals surface area (Å²) in [5.74, 6) is 0.497. The first-order chi connectivity index (χ1) is 11.6. The molecule has 1 fully saturated rings. The van der Waals surface area contributed by atoms with Crippen molar-refractivity contribution >= 4 is 11.9 Å². The van der Waals surface area contributed by atoms with E-state index in [0.717, 1.165) is 37.9 Å². The van der Waals surface area contributed by atoms with E-state index in [1.54, 1.807) is 12.0 Å². The summed E-state index contributed by atoms with van der Waals surface area (Å²) in [6.07, 6.45) is 4.84. The predicted octanol–water partition coefficient (Wildman–Crippen LogP) is 2.07. The van der Waals surface area contributed by atoms with Gasteiger partial charge in [-0.2, -0.15) is 0 Å². The molecule has 0 bridgehead atoms. The fourth-order valence-electron chi connectivity index (χ4n) is 3.13. The maximum Gasteiger partial charge on any atom is 0.317 e. The van der Waals surface area contributed by atoms with Crippen LogP contribution in [0.1, 0.15) is 37.7 Å². The molecule has 24 heavy (non-hydrogen) atoms. The summed E-state index contributed by atoms with van der Waals surface area (Å²) in [7, 11) is 1.65. The van der Waals surface area contributed by atoms with Gasteiger partial charge in [-0.15, -0.1) is 0 Å². The first-order valence-corrected chi connectivity index (χ1v) is 8.56. The molecule has 1 aromatic carbocycles. The molecule has 6 heteroatoms. The molecule has 6 nitrogen and oxygen atoms in total. The number of carbonyl (C=O) groups is 2. The quantitative estimate of drug-likeness (QED) is 0.749. The fraction of sp³-hybridized carbons (Fsp3) is 0.556. The van der Waals surface area contributed by atoms with Crippen molar-refractivity contribution in [2.24, 2.45) is 5.73 Å². The molecule has 0 aliphatic carbocycles. The van der Waals surface area contributed by atoms with Crippen molar-refractivity contribution in [3.63, 3.8) is 0 Å². The first-order valence-electron chi connectivity index (χ1n) is 8.56. The topological polar surface area (TPSA) is 84.7 Å². The molecule has 0 radical (unpaired) electrons. The molecule has 1 aromatic rings. The summed E-state index contributed by atoms with van der Waals surface area (Å²) in [4.78, 5) is 25.3. The molecule has 0 spiro atoms. The third-order valence-corrected chi connectivity index (χ3v) is 4.38. The van der Waals surface area contributed by atoms with Gasteiger partial charge in [0, 0.05) is 25.6 Å². The average Bonchev–Trinajstić information content (AvgIpc) is 2.58. The number of hydrogen-bond donors (Lipinski definition) is 2. The number of benzene rings is 1. The van der Waals surface area contributed by atoms with E-state index < -0.39 is 0 Å². The Morgan fingerprint density at radius 3 is 2.96 bits per heavy atom. The first kappa shape index (κ1) is 18.1. The summed E-state index contributed by atoms with van der Waals surface area (Å²) in [5.41, 5.74) is 6.48. The van der Waals surface area contributed by atoms with Crippen LogP contribution in [0.3, 0.4) is 0 Å². The van der Waals surface area contributed by atoms with Crippen LogP contribution in [0.5, 0.6) is 5.75 Å². The van der Waals surface area contributed by atoms with Crippen LogP contribution in [0.15, 0.2) is 24.3 Å². The predicted molar refractivity (Wildman–Crippen MR) is 92.9 cm³/mol. The Kier molecular flexibility index (Phi) is 6.90. The lowest BCUT2D eigenvalue weighted by molar-refractivity contribution is -0.119. The smallest absolute Gasteiger partial charge is 0.317 e. The zero-order valence-electron chi connectivity index (χ0n) is 14.3. The van der Waals surface area contributed by atoms with E-state index in [9.17, 15) is 9.59 Å². The Labute approximate surface area is 143 Å². The Bertz CT molecular complexity index is 562. The monoisotopic (exact) mass is 333 g/mol. The fourth-order valence-corrected chi connectivity index (χ4v) is 3.13. The maximum absolute atomic E-state index is 12.3. The molecule has 1 aliphatic rings. The lowest BCUT2D eigenvalue weighted by Crippen LogP contribution is -2.50. The highest BCUT2D eigenvalue weighted by atomic mass is 16.5. The standard InChI is InChI=1S/C18H27N3O3/c1-24-16-9-4-6-14(12-16)7-5-10-20-18(23)21-11-3-2-8-15(21)13-17(19)22/h4,6,9,12,15H,2-3,5,7-8,10-11,13H2,1H3,(H2,19,22)(H,20,23)/t15-/m0/s1. The van der Waals surface area contributed by atoms with Gasteiger partial charge in [-0.3, -0.25) is 4.79 Å². The number of piperidine rings is 1. The second kappa shape index (κ2) is 9.15. The number of rotatable bonds is 7. The van der Waals surface area contributed by atoms with Crippen molar-refractivity contribution in [1.82, 2.24) is 10.2 Å². The second-order valence-electron chi connectivity index (χ2n) is 6.20. The van der Waals surface area contributed by atoms with E-state index in [1.807, 2.05) is 18.2 Å². The van der Waals surface area contributed by atoms with Gasteiger partial charge in [0.15, 0.2) is 0 Å². The number of hydrogen-bond acceptors (Lipinski definition) is 3. The van der Waals surface area contributed by atoms with Gasteiger partial charge in [0.2, 0.25) is 5.91 Å². The van der Waals surface area contributed by atoms with Crippen LogP contribution in [0.2, 0.25) is 0 Å². The summed E-state index contributed by atoms with van der Waals surface area (Å²) >= 11 is 0. The summed E-state index contributed by atoms with van der Waals surface area (Å²) in [6, 6.07) is 7.80. The molecule has 1 atom stereocenters. The number of amides is 3. The Balaban J connectivity index is 1.76. The van der Waals surface area contributed by atoms with E-state index in [1.165, 1.54) is 5.56 Å². The molecule has 3 amide bonds. The molecular weight excluding hydrogens is 306 g/mol. The van der Waals surface area contributed by atoms with Crippen molar-refractivity contribution in [3.8, 4) is 5.75 Å². The lowest BCUT2D eigenvalue weighted by Gasteiger charge is -2.35. The third-order valence-electron chi connectivity index (χ3n) is 4.38. The lowest BCUT2D eigenvalue weighted by atomic mass is 9.99. The molecule has 2 rings (SSSR count). The second-order valence-corrected chi connectivity index (χ2v) is 6.20. The van der Waals surface area contributed by atoms with Crippen molar-refractivity contribution in [2.45, 2.75) is 44.6 Å². The van der Waals surface area contributed by atoms with Gasteiger partial charge >= 0.3 is 6.03 Å². The number of methoxy groups -OCH3 is 1. The number of ether oxygens (including phenoxy) is 1. The largest absolute Gasteiger partial charge is 0.497 e. The average molecular weight is 333 g/mol. The molecule has 3 N–H and O–H groups in total. The molecule has 0 saturated carbocycles. The normalized spacial score (nSPS) is 17.4. The highest BCUT2D eigenvalue weighted by Crippen LogP contribution is 2.19. The highest BCUT2D eigenvalue weighted by molar-refractivity contribution is 5.78. The van der Waals surface area contributed by atoms with E-state index in [2.05, 4.69) is 11.4 Å². The molecule has 0 aromatic heterocycles. The number of carbonyl (C=O) groups excluding carboxylic acids is 2. The van der Waals surface area contributed by atoms with Gasteiger partial charge in [0.1, 0.15) is 5.75 Å². The molecule has 1 aliphatic heterocycles. The molecule has 1 heterocycles. The van der Waals surface area contributed by atoms with Gasteiger partial charge in [-0.1, -0.05) is 12.1 Å². The van der Waals surface area contributed by atoms with Gasteiger partial charge in [0.05, 0.1) is 7.11 Å². The van der Waals surface area contributed by atoms with E-state index in [0.29, 0.717) is 13.1 Å². The van der Waals surface area contributed by atoms with Crippen molar-refractivity contribution in [1.29, 1.82) is 0 Å². The zero-order chi connectivity index (χ0) is 17.4. The van der Waals surface area contributed by atoms with Crippen LogP contribution in [0.4, 0.5) is 4.79 Å². The van der Waals surface area contributed by atoms with Crippen LogP contribution >= 0.6 is 0 Å². The maximum atomic E-state index is 12.3. The minimum atomic E-state index is -0.349. The number of nitrogens with zero attached hydrogens (tertiary/aromatic N) is 1. The summed E-state index contributed by atoms with van der Waals surface area (Å²) < 4.78 is 5.21. The summed E-state index contributed by atoms with van der Waals surface area (Å²) in [6.45, 7) is 1.30. The van der Waals surface area contributed by atoms with Crippen molar-refractivity contribution < 1.29 is 14.3 Å². The number of likely N-dealkylation sites (tertiary alicyclic amines) is 1. The van der Waals surface area contributed by atoms with Crippen LogP contribution in [0, 0.1) is 0 Å². The van der Waals surface area contributed by atoms with E-state index in [-0.39, 0.29) is 24.4 Å². The number of aryl methyl sites for hydroxylation is 1. The van der Waals surface area contributed by atoms with Crippen molar-refractivity contribution in [3.05, 3.63) is 29.8 Å². The van der Waals surface area contributed by atoms with Crippen LogP contribution in [-0.2, 0) is 11.2 Å². The highest BCUT2D eigenvalue weighted by Gasteiger charge is 2.27. The minimum Gasteiger partial charge on any atom is -0.497 e. The molecule has 132 valence electrons.